The summed E-state index contributed by atoms with van der Waals surface area (Å²) in [5, 5.41) is 51.0. The maximum atomic E-state index is 10.3. The van der Waals surface area contributed by atoms with Crippen molar-refractivity contribution in [3.63, 3.8) is 0 Å². The lowest BCUT2D eigenvalue weighted by Crippen LogP contribution is -2.42. The molecule has 0 aliphatic heterocycles. The number of carboxylic acid groups (broad SMARTS) is 4. The van der Waals surface area contributed by atoms with Gasteiger partial charge in [0.15, 0.2) is 11.3 Å². The summed E-state index contributed by atoms with van der Waals surface area (Å²) in [6.45, 7) is 0. The topological polar surface area (TPSA) is 308 Å². The highest BCUT2D eigenvalue weighted by atomic mass is 16.4. The molecule has 0 amide bonds. The van der Waals surface area contributed by atoms with Gasteiger partial charge in [0.1, 0.15) is 5.75 Å². The molecule has 26 heavy (non-hydrogen) atoms. The third-order valence-corrected chi connectivity index (χ3v) is 2.27. The summed E-state index contributed by atoms with van der Waals surface area (Å²) < 4.78 is 0. The van der Waals surface area contributed by atoms with Crippen molar-refractivity contribution in [3.8, 4) is 5.75 Å². The van der Waals surface area contributed by atoms with E-state index in [1.54, 1.807) is 0 Å². The Bertz CT molecular complexity index is 606. The van der Waals surface area contributed by atoms with Crippen molar-refractivity contribution in [2.24, 2.45) is 0 Å². The molecule has 0 aliphatic carbocycles. The number of aliphatic hydroxyl groups is 1. The fraction of sp³-hybridized carbons (Fsp3) is 0.250. The Morgan fingerprint density at radius 3 is 1.58 bits per heavy atom. The second kappa shape index (κ2) is 13.0. The number of carboxylic acids is 4. The van der Waals surface area contributed by atoms with Gasteiger partial charge in [0.05, 0.1) is 12.8 Å². The number of aromatic nitrogens is 1. The van der Waals surface area contributed by atoms with Crippen LogP contribution in [0.4, 0.5) is 0 Å². The molecule has 0 saturated heterocycles. The van der Waals surface area contributed by atoms with Crippen molar-refractivity contribution in [2.45, 2.75) is 18.4 Å². The number of aromatic hydroxyl groups is 1. The molecule has 0 bridgehead atoms. The predicted octanol–water partition coefficient (Wildman–Crippen LogP) is -0.277. The molecule has 14 heteroatoms. The Kier molecular flexibility index (Phi) is 15.3. The first-order chi connectivity index (χ1) is 10.5. The van der Waals surface area contributed by atoms with Crippen LogP contribution in [0.15, 0.2) is 18.3 Å². The minimum absolute atomic E-state index is 0. The molecule has 14 nitrogen and oxygen atoms in total. The molecule has 0 radical (unpaired) electrons. The van der Waals surface area contributed by atoms with Crippen LogP contribution in [0, 0.1) is 0 Å². The van der Waals surface area contributed by atoms with Gasteiger partial charge in [-0.1, -0.05) is 0 Å². The van der Waals surface area contributed by atoms with E-state index in [4.69, 9.17) is 30.6 Å². The van der Waals surface area contributed by atoms with Crippen LogP contribution in [-0.2, 0) is 14.4 Å². The van der Waals surface area contributed by atoms with E-state index < -0.39 is 42.3 Å². The van der Waals surface area contributed by atoms with E-state index in [1.807, 2.05) is 0 Å². The number of aromatic carboxylic acids is 1. The summed E-state index contributed by atoms with van der Waals surface area (Å²) in [5.74, 6) is -6.55. The molecule has 150 valence electrons. The Labute approximate surface area is 146 Å². The molecular weight excluding hydrogens is 360 g/mol. The van der Waals surface area contributed by atoms with E-state index in [0.29, 0.717) is 0 Å². The normalized spacial score (nSPS) is 8.96. The molecule has 15 N–H and O–H groups in total. The SMILES string of the molecule is N.N.N.O=C(O)CC(O)(CC(=O)O)C(=O)O.O=C(O)c1ncccc1O. The molecule has 0 aliphatic rings. The van der Waals surface area contributed by atoms with Gasteiger partial charge in [-0.3, -0.25) is 9.59 Å². The van der Waals surface area contributed by atoms with Crippen molar-refractivity contribution in [1.82, 2.24) is 23.4 Å². The zero-order valence-corrected chi connectivity index (χ0v) is 13.5. The van der Waals surface area contributed by atoms with Gasteiger partial charge in [0, 0.05) is 6.20 Å². The van der Waals surface area contributed by atoms with E-state index in [2.05, 4.69) is 4.98 Å². The minimum atomic E-state index is -2.74. The van der Waals surface area contributed by atoms with Crippen LogP contribution in [0.1, 0.15) is 23.3 Å². The maximum absolute atomic E-state index is 10.3. The van der Waals surface area contributed by atoms with Gasteiger partial charge >= 0.3 is 23.9 Å². The van der Waals surface area contributed by atoms with E-state index in [0.717, 1.165) is 0 Å². The molecule has 1 aromatic rings. The summed E-state index contributed by atoms with van der Waals surface area (Å²) in [7, 11) is 0. The van der Waals surface area contributed by atoms with Crippen molar-refractivity contribution in [1.29, 1.82) is 0 Å². The summed E-state index contributed by atoms with van der Waals surface area (Å²) in [5.41, 5.74) is -3.06. The summed E-state index contributed by atoms with van der Waals surface area (Å²) in [4.78, 5) is 44.1. The molecule has 0 aromatic carbocycles. The highest BCUT2D eigenvalue weighted by Gasteiger charge is 2.40. The summed E-state index contributed by atoms with van der Waals surface area (Å²) in [6.07, 6.45) is -0.980. The van der Waals surface area contributed by atoms with Crippen LogP contribution in [0.3, 0.4) is 0 Å². The fourth-order valence-electron chi connectivity index (χ4n) is 1.28. The smallest absolute Gasteiger partial charge is 0.358 e. The highest BCUT2D eigenvalue weighted by Crippen LogP contribution is 2.15. The van der Waals surface area contributed by atoms with Gasteiger partial charge in [0.25, 0.3) is 0 Å². The van der Waals surface area contributed by atoms with E-state index in [-0.39, 0.29) is 29.9 Å². The first-order valence-electron chi connectivity index (χ1n) is 5.76. The number of aliphatic carboxylic acids is 3. The van der Waals surface area contributed by atoms with Crippen LogP contribution in [0.2, 0.25) is 0 Å². The Morgan fingerprint density at radius 1 is 0.923 bits per heavy atom. The molecule has 1 aromatic heterocycles. The summed E-state index contributed by atoms with van der Waals surface area (Å²) >= 11 is 0. The zero-order chi connectivity index (χ0) is 18.2. The Hall–Kier alpha value is -3.33. The number of nitrogens with zero attached hydrogens (tertiary/aromatic N) is 1. The van der Waals surface area contributed by atoms with Gasteiger partial charge in [0.2, 0.25) is 0 Å². The van der Waals surface area contributed by atoms with Crippen LogP contribution in [-0.4, -0.2) is 65.1 Å². The molecule has 0 saturated carbocycles. The maximum Gasteiger partial charge on any atom is 0.358 e. The first-order valence-corrected chi connectivity index (χ1v) is 5.76. The van der Waals surface area contributed by atoms with Gasteiger partial charge in [-0.2, -0.15) is 0 Å². The Balaban J connectivity index is -0.000000170. The van der Waals surface area contributed by atoms with Gasteiger partial charge in [-0.05, 0) is 12.1 Å². The Morgan fingerprint density at radius 2 is 1.35 bits per heavy atom. The third-order valence-electron chi connectivity index (χ3n) is 2.27. The lowest BCUT2D eigenvalue weighted by molar-refractivity contribution is -0.170. The standard InChI is InChI=1S/C6H5NO3.C6H8O7.3H3N/c8-4-2-1-3-7-5(4)6(9)10;7-3(8)1-6(13,5(11)12)2-4(9)10;;;/h1-3,8H,(H,9,10);13H,1-2H2,(H,7,8)(H,9,10)(H,11,12);3*1H3. The zero-order valence-electron chi connectivity index (χ0n) is 13.5. The van der Waals surface area contributed by atoms with Gasteiger partial charge in [-0.25, -0.2) is 14.6 Å². The predicted molar refractivity (Wildman–Crippen MR) is 85.0 cm³/mol. The molecule has 0 fully saturated rings. The van der Waals surface area contributed by atoms with Crippen molar-refractivity contribution in [2.75, 3.05) is 0 Å². The van der Waals surface area contributed by atoms with Crippen molar-refractivity contribution < 1.29 is 49.8 Å². The third kappa shape index (κ3) is 10.4. The average Bonchev–Trinajstić information content (AvgIpc) is 2.37. The lowest BCUT2D eigenvalue weighted by Gasteiger charge is -2.18. The van der Waals surface area contributed by atoms with Crippen LogP contribution in [0.25, 0.3) is 0 Å². The molecule has 1 heterocycles. The fourth-order valence-corrected chi connectivity index (χ4v) is 1.28. The quantitative estimate of drug-likeness (QED) is 0.305. The van der Waals surface area contributed by atoms with Crippen LogP contribution < -0.4 is 18.5 Å². The number of carbonyl (C=O) groups is 4. The van der Waals surface area contributed by atoms with Crippen LogP contribution in [0.5, 0.6) is 5.75 Å². The second-order valence-electron chi connectivity index (χ2n) is 4.15. The molecular formula is C12H22N4O10. The first kappa shape index (κ1) is 30.5. The second-order valence-corrected chi connectivity index (χ2v) is 4.15. The van der Waals surface area contributed by atoms with E-state index in [1.165, 1.54) is 18.3 Å². The molecule has 0 spiro atoms. The average molecular weight is 382 g/mol. The minimum Gasteiger partial charge on any atom is -0.505 e. The monoisotopic (exact) mass is 382 g/mol. The molecule has 0 unspecified atom stereocenters. The van der Waals surface area contributed by atoms with Gasteiger partial charge < -0.3 is 49.1 Å². The van der Waals surface area contributed by atoms with Crippen LogP contribution >= 0.6 is 0 Å². The number of rotatable bonds is 6. The largest absolute Gasteiger partial charge is 0.505 e. The van der Waals surface area contributed by atoms with Crippen molar-refractivity contribution >= 4 is 23.9 Å². The number of hydrogen-bond donors (Lipinski definition) is 9. The van der Waals surface area contributed by atoms with E-state index >= 15 is 0 Å². The lowest BCUT2D eigenvalue weighted by atomic mass is 9.96. The van der Waals surface area contributed by atoms with Crippen molar-refractivity contribution in [3.05, 3.63) is 24.0 Å². The highest BCUT2D eigenvalue weighted by molar-refractivity contribution is 5.88. The molecule has 1 rings (SSSR count). The number of hydrogen-bond acceptors (Lipinski definition) is 10. The number of pyridine rings is 1. The van der Waals surface area contributed by atoms with E-state index in [9.17, 15) is 19.2 Å². The summed E-state index contributed by atoms with van der Waals surface area (Å²) in [6, 6.07) is 2.73. The molecule has 0 atom stereocenters. The van der Waals surface area contributed by atoms with Gasteiger partial charge in [-0.15, -0.1) is 0 Å².